The first-order valence-corrected chi connectivity index (χ1v) is 6.43. The van der Waals surface area contributed by atoms with Gasteiger partial charge in [-0.25, -0.2) is 0 Å². The quantitative estimate of drug-likeness (QED) is 0.748. The maximum absolute atomic E-state index is 10.2. The highest BCUT2D eigenvalue weighted by atomic mass is 16.3. The van der Waals surface area contributed by atoms with E-state index in [0.29, 0.717) is 6.42 Å². The minimum absolute atomic E-state index is 0.0801. The van der Waals surface area contributed by atoms with Crippen LogP contribution in [0.15, 0.2) is 30.3 Å². The highest BCUT2D eigenvalue weighted by Gasteiger charge is 2.33. The summed E-state index contributed by atoms with van der Waals surface area (Å²) in [6, 6.07) is 10.1. The molecule has 18 heavy (non-hydrogen) atoms. The number of benzene rings is 1. The van der Waals surface area contributed by atoms with Gasteiger partial charge < -0.3 is 16.6 Å². The zero-order chi connectivity index (χ0) is 14.0. The molecular weight excluding hydrogens is 224 g/mol. The van der Waals surface area contributed by atoms with Crippen molar-refractivity contribution in [1.82, 2.24) is 0 Å². The van der Waals surface area contributed by atoms with Crippen LogP contribution in [0.4, 0.5) is 0 Å². The van der Waals surface area contributed by atoms with E-state index in [9.17, 15) is 5.11 Å². The largest absolute Gasteiger partial charge is 0.391 e. The SMILES string of the molecule is CC(C)(N)C(O)CC(c1ccccc1)C(C)(C)N. The van der Waals surface area contributed by atoms with E-state index in [1.807, 2.05) is 45.9 Å². The molecule has 1 aromatic carbocycles. The number of hydrogen-bond acceptors (Lipinski definition) is 3. The maximum atomic E-state index is 10.2. The lowest BCUT2D eigenvalue weighted by Gasteiger charge is -2.36. The summed E-state index contributed by atoms with van der Waals surface area (Å²) < 4.78 is 0. The third-order valence-electron chi connectivity index (χ3n) is 3.42. The molecule has 0 heterocycles. The fourth-order valence-corrected chi connectivity index (χ4v) is 2.08. The second-order valence-corrected chi connectivity index (χ2v) is 6.36. The number of aliphatic hydroxyl groups is 1. The highest BCUT2D eigenvalue weighted by Crippen LogP contribution is 2.32. The van der Waals surface area contributed by atoms with Crippen molar-refractivity contribution < 1.29 is 5.11 Å². The first kappa shape index (κ1) is 15.2. The van der Waals surface area contributed by atoms with Gasteiger partial charge in [-0.15, -0.1) is 0 Å². The van der Waals surface area contributed by atoms with Crippen molar-refractivity contribution in [3.8, 4) is 0 Å². The van der Waals surface area contributed by atoms with E-state index in [-0.39, 0.29) is 5.92 Å². The van der Waals surface area contributed by atoms with Gasteiger partial charge in [0.2, 0.25) is 0 Å². The van der Waals surface area contributed by atoms with Crippen LogP contribution in [-0.4, -0.2) is 22.3 Å². The Bertz CT molecular complexity index is 362. The molecule has 0 aromatic heterocycles. The average Bonchev–Trinajstić information content (AvgIpc) is 2.23. The van der Waals surface area contributed by atoms with E-state index in [4.69, 9.17) is 11.5 Å². The van der Waals surface area contributed by atoms with Crippen LogP contribution in [0.1, 0.15) is 45.6 Å². The van der Waals surface area contributed by atoms with Crippen LogP contribution in [0.25, 0.3) is 0 Å². The van der Waals surface area contributed by atoms with Gasteiger partial charge in [-0.05, 0) is 39.7 Å². The molecule has 3 heteroatoms. The van der Waals surface area contributed by atoms with Crippen LogP contribution in [0, 0.1) is 0 Å². The molecule has 1 aromatic rings. The molecule has 0 spiro atoms. The third kappa shape index (κ3) is 4.09. The van der Waals surface area contributed by atoms with Crippen LogP contribution >= 0.6 is 0 Å². The zero-order valence-electron chi connectivity index (χ0n) is 11.9. The number of aliphatic hydroxyl groups excluding tert-OH is 1. The topological polar surface area (TPSA) is 72.3 Å². The van der Waals surface area contributed by atoms with Gasteiger partial charge in [-0.3, -0.25) is 0 Å². The van der Waals surface area contributed by atoms with Crippen molar-refractivity contribution in [1.29, 1.82) is 0 Å². The molecule has 0 fully saturated rings. The van der Waals surface area contributed by atoms with Crippen LogP contribution in [0.3, 0.4) is 0 Å². The zero-order valence-corrected chi connectivity index (χ0v) is 11.9. The van der Waals surface area contributed by atoms with Crippen molar-refractivity contribution in [2.75, 3.05) is 0 Å². The Morgan fingerprint density at radius 2 is 1.50 bits per heavy atom. The summed E-state index contributed by atoms with van der Waals surface area (Å²) in [6.45, 7) is 7.65. The first-order chi connectivity index (χ1) is 8.12. The molecule has 2 unspecified atom stereocenters. The predicted octanol–water partition coefficient (Wildman–Crippen LogP) is 2.00. The van der Waals surface area contributed by atoms with Gasteiger partial charge in [0.05, 0.1) is 6.10 Å². The van der Waals surface area contributed by atoms with Gasteiger partial charge >= 0.3 is 0 Å². The molecule has 0 radical (unpaired) electrons. The van der Waals surface area contributed by atoms with E-state index in [0.717, 1.165) is 5.56 Å². The smallest absolute Gasteiger partial charge is 0.0720 e. The Balaban J connectivity index is 2.95. The van der Waals surface area contributed by atoms with Crippen LogP contribution < -0.4 is 11.5 Å². The Hall–Kier alpha value is -0.900. The van der Waals surface area contributed by atoms with Crippen molar-refractivity contribution >= 4 is 0 Å². The van der Waals surface area contributed by atoms with E-state index < -0.39 is 17.2 Å². The average molecular weight is 250 g/mol. The van der Waals surface area contributed by atoms with Crippen molar-refractivity contribution in [3.63, 3.8) is 0 Å². The van der Waals surface area contributed by atoms with Crippen molar-refractivity contribution in [2.45, 2.75) is 57.2 Å². The molecular formula is C15H26N2O. The van der Waals surface area contributed by atoms with Gasteiger partial charge in [-0.2, -0.15) is 0 Å². The van der Waals surface area contributed by atoms with E-state index >= 15 is 0 Å². The number of rotatable bonds is 5. The van der Waals surface area contributed by atoms with Crippen molar-refractivity contribution in [2.24, 2.45) is 11.5 Å². The molecule has 0 aliphatic carbocycles. The molecule has 0 saturated carbocycles. The fourth-order valence-electron chi connectivity index (χ4n) is 2.08. The lowest BCUT2D eigenvalue weighted by atomic mass is 9.76. The molecule has 2 atom stereocenters. The normalized spacial score (nSPS) is 16.4. The highest BCUT2D eigenvalue weighted by molar-refractivity contribution is 5.23. The molecule has 0 aliphatic heterocycles. The molecule has 0 saturated heterocycles. The third-order valence-corrected chi connectivity index (χ3v) is 3.42. The summed E-state index contributed by atoms with van der Waals surface area (Å²) in [6.07, 6.45) is -0.0117. The van der Waals surface area contributed by atoms with Crippen LogP contribution in [0.2, 0.25) is 0 Å². The van der Waals surface area contributed by atoms with Crippen LogP contribution in [0.5, 0.6) is 0 Å². The lowest BCUT2D eigenvalue weighted by molar-refractivity contribution is 0.0799. The van der Waals surface area contributed by atoms with E-state index in [1.165, 1.54) is 0 Å². The summed E-state index contributed by atoms with van der Waals surface area (Å²) >= 11 is 0. The molecule has 5 N–H and O–H groups in total. The summed E-state index contributed by atoms with van der Waals surface area (Å²) in [5.74, 6) is 0.0801. The molecule has 0 aliphatic rings. The number of nitrogens with two attached hydrogens (primary N) is 2. The summed E-state index contributed by atoms with van der Waals surface area (Å²) in [4.78, 5) is 0. The predicted molar refractivity (Wildman–Crippen MR) is 76.3 cm³/mol. The summed E-state index contributed by atoms with van der Waals surface area (Å²) in [5.41, 5.74) is 12.3. The van der Waals surface area contributed by atoms with Crippen LogP contribution in [-0.2, 0) is 0 Å². The van der Waals surface area contributed by atoms with Gasteiger partial charge in [-0.1, -0.05) is 30.3 Å². The second-order valence-electron chi connectivity index (χ2n) is 6.36. The number of hydrogen-bond donors (Lipinski definition) is 3. The minimum atomic E-state index is -0.613. The second kappa shape index (κ2) is 5.39. The van der Waals surface area contributed by atoms with Gasteiger partial charge in [0.1, 0.15) is 0 Å². The standard InChI is InChI=1S/C15H26N2O/c1-14(2,16)12(10-13(18)15(3,4)17)11-8-6-5-7-9-11/h5-9,12-13,18H,10,16-17H2,1-4H3. The van der Waals surface area contributed by atoms with Gasteiger partial charge in [0, 0.05) is 17.0 Å². The first-order valence-electron chi connectivity index (χ1n) is 6.43. The van der Waals surface area contributed by atoms with Crippen molar-refractivity contribution in [3.05, 3.63) is 35.9 Å². The van der Waals surface area contributed by atoms with Gasteiger partial charge in [0.25, 0.3) is 0 Å². The Morgan fingerprint density at radius 3 is 1.89 bits per heavy atom. The Morgan fingerprint density at radius 1 is 1.00 bits per heavy atom. The Labute approximate surface area is 110 Å². The monoisotopic (exact) mass is 250 g/mol. The lowest BCUT2D eigenvalue weighted by Crippen LogP contribution is -2.49. The molecule has 0 bridgehead atoms. The fraction of sp³-hybridized carbons (Fsp3) is 0.600. The maximum Gasteiger partial charge on any atom is 0.0720 e. The Kier molecular flexibility index (Phi) is 4.54. The minimum Gasteiger partial charge on any atom is -0.391 e. The molecule has 0 amide bonds. The summed E-state index contributed by atoms with van der Waals surface area (Å²) in [5, 5.41) is 10.2. The van der Waals surface area contributed by atoms with Gasteiger partial charge in [0.15, 0.2) is 0 Å². The van der Waals surface area contributed by atoms with E-state index in [2.05, 4.69) is 12.1 Å². The molecule has 102 valence electrons. The molecule has 3 nitrogen and oxygen atoms in total. The summed E-state index contributed by atoms with van der Waals surface area (Å²) in [7, 11) is 0. The van der Waals surface area contributed by atoms with E-state index in [1.54, 1.807) is 0 Å². The molecule has 1 rings (SSSR count).